The third-order valence-electron chi connectivity index (χ3n) is 3.78. The Balaban J connectivity index is 2.17. The van der Waals surface area contributed by atoms with Crippen molar-refractivity contribution in [3.05, 3.63) is 77.6 Å². The Bertz CT molecular complexity index is 884. The fourth-order valence-corrected chi connectivity index (χ4v) is 3.61. The van der Waals surface area contributed by atoms with Crippen LogP contribution in [0.25, 0.3) is 23.5 Å². The monoisotopic (exact) mass is 368 g/mol. The van der Waals surface area contributed by atoms with E-state index in [1.807, 2.05) is 57.7 Å². The van der Waals surface area contributed by atoms with E-state index in [-0.39, 0.29) is 0 Å². The van der Waals surface area contributed by atoms with Crippen LogP contribution in [0.15, 0.2) is 71.7 Å². The number of nitrogens with zero attached hydrogens (tertiary/aromatic N) is 2. The van der Waals surface area contributed by atoms with Gasteiger partial charge in [-0.1, -0.05) is 49.6 Å². The first-order valence-corrected chi connectivity index (χ1v) is 8.58. The minimum atomic E-state index is 0.614. The van der Waals surface area contributed by atoms with Crippen LogP contribution in [0.2, 0.25) is 0 Å². The van der Waals surface area contributed by atoms with Crippen LogP contribution in [0, 0.1) is 4.77 Å². The first-order valence-electron chi connectivity index (χ1n) is 7.28. The summed E-state index contributed by atoms with van der Waals surface area (Å²) in [6, 6.07) is 15.9. The molecule has 0 aliphatic rings. The second-order valence-corrected chi connectivity index (χ2v) is 6.40. The summed E-state index contributed by atoms with van der Waals surface area (Å²) in [5.41, 5.74) is 3.98. The number of thiol groups is 2. The molecule has 2 nitrogen and oxygen atoms in total. The van der Waals surface area contributed by atoms with Crippen LogP contribution in [0.3, 0.4) is 0 Å². The van der Waals surface area contributed by atoms with Crippen LogP contribution in [0.1, 0.15) is 11.1 Å². The lowest BCUT2D eigenvalue weighted by Gasteiger charge is -2.06. The maximum absolute atomic E-state index is 5.67. The number of rotatable bonds is 4. The summed E-state index contributed by atoms with van der Waals surface area (Å²) in [7, 11) is 0. The van der Waals surface area contributed by atoms with Crippen LogP contribution < -0.4 is 0 Å². The smallest absolute Gasteiger partial charge is 0.190 e. The highest BCUT2D eigenvalue weighted by Crippen LogP contribution is 2.29. The molecule has 24 heavy (non-hydrogen) atoms. The second kappa shape index (κ2) is 6.89. The van der Waals surface area contributed by atoms with Gasteiger partial charge in [0, 0.05) is 11.4 Å². The summed E-state index contributed by atoms with van der Waals surface area (Å²) in [6.07, 6.45) is 3.61. The number of benzene rings is 2. The number of hydrogen-bond acceptors (Lipinski definition) is 3. The van der Waals surface area contributed by atoms with Crippen LogP contribution in [-0.4, -0.2) is 9.13 Å². The fourth-order valence-electron chi connectivity index (χ4n) is 2.47. The Labute approximate surface area is 157 Å². The van der Waals surface area contributed by atoms with E-state index in [1.54, 1.807) is 12.2 Å². The highest BCUT2D eigenvalue weighted by Gasteiger charge is 2.15. The van der Waals surface area contributed by atoms with Gasteiger partial charge in [-0.15, -0.1) is 25.3 Å². The van der Waals surface area contributed by atoms with E-state index < -0.39 is 0 Å². The van der Waals surface area contributed by atoms with Gasteiger partial charge in [-0.05, 0) is 47.6 Å². The van der Waals surface area contributed by atoms with Gasteiger partial charge in [-0.3, -0.25) is 9.13 Å². The van der Waals surface area contributed by atoms with E-state index in [0.29, 0.717) is 14.8 Å². The average molecular weight is 369 g/mol. The molecule has 0 spiro atoms. The molecule has 0 aliphatic heterocycles. The zero-order valence-electron chi connectivity index (χ0n) is 12.9. The van der Waals surface area contributed by atoms with E-state index in [1.165, 1.54) is 0 Å². The molecule has 5 heteroatoms. The predicted octanol–water partition coefficient (Wildman–Crippen LogP) is 5.86. The highest BCUT2D eigenvalue weighted by atomic mass is 32.1. The number of aromatic nitrogens is 2. The van der Waals surface area contributed by atoms with Crippen LogP contribution in [0.4, 0.5) is 0 Å². The predicted molar refractivity (Wildman–Crippen MR) is 111 cm³/mol. The molecule has 0 unspecified atom stereocenters. The molecule has 0 aliphatic carbocycles. The first kappa shape index (κ1) is 16.9. The molecule has 0 saturated carbocycles. The molecule has 0 N–H and O–H groups in total. The third kappa shape index (κ3) is 2.90. The Kier molecular flexibility index (Phi) is 4.85. The molecule has 1 aromatic heterocycles. The lowest BCUT2D eigenvalue weighted by molar-refractivity contribution is 0.912. The van der Waals surface area contributed by atoms with Crippen LogP contribution in [0.5, 0.6) is 0 Å². The molecule has 0 amide bonds. The summed E-state index contributed by atoms with van der Waals surface area (Å²) in [6.45, 7) is 7.55. The minimum absolute atomic E-state index is 0.614. The van der Waals surface area contributed by atoms with E-state index >= 15 is 0 Å². The fraction of sp³-hybridized carbons (Fsp3) is 0. The number of hydrogen-bond donors (Lipinski definition) is 2. The minimum Gasteiger partial charge on any atom is -0.279 e. The van der Waals surface area contributed by atoms with Gasteiger partial charge in [0.1, 0.15) is 10.1 Å². The molecule has 0 atom stereocenters. The lowest BCUT2D eigenvalue weighted by atomic mass is 10.2. The molecule has 3 rings (SSSR count). The Morgan fingerprint density at radius 3 is 1.33 bits per heavy atom. The van der Waals surface area contributed by atoms with Crippen molar-refractivity contribution >= 4 is 49.6 Å². The molecule has 0 radical (unpaired) electrons. The van der Waals surface area contributed by atoms with Gasteiger partial charge in [0.2, 0.25) is 0 Å². The number of imidazole rings is 1. The molecular weight excluding hydrogens is 352 g/mol. The average Bonchev–Trinajstić information content (AvgIpc) is 2.84. The molecule has 3 aromatic rings. The van der Waals surface area contributed by atoms with Gasteiger partial charge >= 0.3 is 0 Å². The Morgan fingerprint density at radius 2 is 1.04 bits per heavy atom. The van der Waals surface area contributed by atoms with Gasteiger partial charge in [0.05, 0.1) is 0 Å². The highest BCUT2D eigenvalue weighted by molar-refractivity contribution is 7.83. The third-order valence-corrected chi connectivity index (χ3v) is 5.15. The topological polar surface area (TPSA) is 9.86 Å². The lowest BCUT2D eigenvalue weighted by Crippen LogP contribution is -1.98. The summed E-state index contributed by atoms with van der Waals surface area (Å²) in [4.78, 5) is 0. The normalized spacial score (nSPS) is 10.6. The van der Waals surface area contributed by atoms with Crippen LogP contribution in [-0.2, 0) is 0 Å². The van der Waals surface area contributed by atoms with E-state index in [2.05, 4.69) is 38.4 Å². The summed E-state index contributed by atoms with van der Waals surface area (Å²) < 4.78 is 4.41. The maximum atomic E-state index is 5.67. The van der Waals surface area contributed by atoms with Gasteiger partial charge < -0.3 is 0 Å². The van der Waals surface area contributed by atoms with Crippen molar-refractivity contribution in [2.75, 3.05) is 0 Å². The van der Waals surface area contributed by atoms with Gasteiger partial charge in [0.15, 0.2) is 4.77 Å². The zero-order chi connectivity index (χ0) is 17.3. The van der Waals surface area contributed by atoms with Crippen molar-refractivity contribution in [3.63, 3.8) is 0 Å². The van der Waals surface area contributed by atoms with E-state index in [4.69, 9.17) is 12.2 Å². The van der Waals surface area contributed by atoms with Crippen molar-refractivity contribution in [3.8, 4) is 11.4 Å². The molecule has 2 aromatic carbocycles. The van der Waals surface area contributed by atoms with Gasteiger partial charge in [-0.25, -0.2) is 0 Å². The summed E-state index contributed by atoms with van der Waals surface area (Å²) >= 11 is 14.9. The maximum Gasteiger partial charge on any atom is 0.190 e. The van der Waals surface area contributed by atoms with Gasteiger partial charge in [-0.2, -0.15) is 0 Å². The van der Waals surface area contributed by atoms with Crippen molar-refractivity contribution in [2.24, 2.45) is 0 Å². The quantitative estimate of drug-likeness (QED) is 0.433. The van der Waals surface area contributed by atoms with Crippen molar-refractivity contribution in [2.45, 2.75) is 10.1 Å². The molecular formula is C19H16N2S3. The second-order valence-electron chi connectivity index (χ2n) is 5.19. The first-order chi connectivity index (χ1) is 11.6. The Morgan fingerprint density at radius 1 is 0.708 bits per heavy atom. The standard InChI is InChI=1S/C19H16N2S3/c1-3-13-5-9-15(10-6-13)20-17(22)18(23)21(19(20)24)16-11-7-14(4-2)8-12-16/h3-12,22-23H,1-2H2. The summed E-state index contributed by atoms with van der Waals surface area (Å²) in [5, 5.41) is 1.39. The van der Waals surface area contributed by atoms with Crippen LogP contribution >= 0.6 is 37.5 Å². The molecule has 1 heterocycles. The van der Waals surface area contributed by atoms with Crippen molar-refractivity contribution < 1.29 is 0 Å². The van der Waals surface area contributed by atoms with E-state index in [9.17, 15) is 0 Å². The molecule has 0 bridgehead atoms. The van der Waals surface area contributed by atoms with Crippen molar-refractivity contribution in [1.29, 1.82) is 0 Å². The largest absolute Gasteiger partial charge is 0.279 e. The summed E-state index contributed by atoms with van der Waals surface area (Å²) in [5.74, 6) is 0. The van der Waals surface area contributed by atoms with Gasteiger partial charge in [0.25, 0.3) is 0 Å². The molecule has 0 fully saturated rings. The molecule has 120 valence electrons. The SMILES string of the molecule is C=Cc1ccc(-n2c(S)c(S)n(-c3ccc(C=C)cc3)c2=S)cc1. The Hall–Kier alpha value is -1.95. The van der Waals surface area contributed by atoms with E-state index in [0.717, 1.165) is 22.5 Å². The zero-order valence-corrected chi connectivity index (χ0v) is 15.5. The van der Waals surface area contributed by atoms with Crippen molar-refractivity contribution in [1.82, 2.24) is 9.13 Å². The molecule has 0 saturated heterocycles.